The summed E-state index contributed by atoms with van der Waals surface area (Å²) in [5.74, 6) is 0.954. The minimum atomic E-state index is 0.198. The monoisotopic (exact) mass is 330 g/mol. The smallest absolute Gasteiger partial charge is 0.164 e. The van der Waals surface area contributed by atoms with Crippen LogP contribution in [0.1, 0.15) is 28.9 Å². The van der Waals surface area contributed by atoms with Gasteiger partial charge in [0, 0.05) is 29.3 Å². The molecule has 0 amide bonds. The van der Waals surface area contributed by atoms with E-state index in [1.54, 1.807) is 13.3 Å². The number of hydrogen-bond acceptors (Lipinski definition) is 4. The number of ketones is 1. The van der Waals surface area contributed by atoms with Gasteiger partial charge in [-0.05, 0) is 49.2 Å². The average Bonchev–Trinajstić information content (AvgIpc) is 2.68. The lowest BCUT2D eigenvalue weighted by Crippen LogP contribution is -2.12. The number of ether oxygens (including phenoxy) is 1. The first-order valence-corrected chi connectivity index (χ1v) is 8.39. The Morgan fingerprint density at radius 3 is 2.64 bits per heavy atom. The topological polar surface area (TPSA) is 52.1 Å². The zero-order chi connectivity index (χ0) is 17.2. The maximum atomic E-state index is 12.0. The number of aromatic nitrogens is 2. The number of nitrogens with zero attached hydrogens (tertiary/aromatic N) is 2. The van der Waals surface area contributed by atoms with Gasteiger partial charge in [0.25, 0.3) is 0 Å². The first kappa shape index (κ1) is 15.5. The molecule has 124 valence electrons. The fraction of sp³-hybridized carbons (Fsp3) is 0.190. The van der Waals surface area contributed by atoms with Crippen molar-refractivity contribution < 1.29 is 9.53 Å². The van der Waals surface area contributed by atoms with Crippen LogP contribution in [0.2, 0.25) is 0 Å². The minimum Gasteiger partial charge on any atom is -0.496 e. The Morgan fingerprint density at radius 2 is 1.84 bits per heavy atom. The minimum absolute atomic E-state index is 0.198. The molecule has 1 aromatic carbocycles. The van der Waals surface area contributed by atoms with Crippen molar-refractivity contribution in [2.75, 3.05) is 7.11 Å². The van der Waals surface area contributed by atoms with Gasteiger partial charge in [0.2, 0.25) is 0 Å². The van der Waals surface area contributed by atoms with Crippen LogP contribution in [0.15, 0.2) is 54.7 Å². The lowest BCUT2D eigenvalue weighted by Gasteiger charge is -2.15. The first-order valence-electron chi connectivity index (χ1n) is 8.39. The molecule has 0 radical (unpaired) electrons. The summed E-state index contributed by atoms with van der Waals surface area (Å²) in [5, 5.41) is 0. The number of methoxy groups -OCH3 is 1. The third-order valence-corrected chi connectivity index (χ3v) is 4.53. The van der Waals surface area contributed by atoms with Crippen LogP contribution in [-0.2, 0) is 6.42 Å². The van der Waals surface area contributed by atoms with Crippen LogP contribution >= 0.6 is 0 Å². The molecular formula is C21H18N2O2. The maximum absolute atomic E-state index is 12.0. The van der Waals surface area contributed by atoms with Gasteiger partial charge in [-0.2, -0.15) is 0 Å². The summed E-state index contributed by atoms with van der Waals surface area (Å²) in [7, 11) is 1.66. The van der Waals surface area contributed by atoms with E-state index in [4.69, 9.17) is 9.72 Å². The molecule has 0 spiro atoms. The van der Waals surface area contributed by atoms with Crippen molar-refractivity contribution in [3.05, 3.63) is 66.0 Å². The molecular weight excluding hydrogens is 312 g/mol. The van der Waals surface area contributed by atoms with Crippen LogP contribution in [0.25, 0.3) is 22.5 Å². The lowest BCUT2D eigenvalue weighted by molar-refractivity contribution is 0.0971. The fourth-order valence-corrected chi connectivity index (χ4v) is 3.24. The van der Waals surface area contributed by atoms with E-state index in [9.17, 15) is 4.79 Å². The number of pyridine rings is 2. The summed E-state index contributed by atoms with van der Waals surface area (Å²) in [4.78, 5) is 21.1. The van der Waals surface area contributed by atoms with Crippen LogP contribution in [0.4, 0.5) is 0 Å². The zero-order valence-electron chi connectivity index (χ0n) is 14.0. The second-order valence-electron chi connectivity index (χ2n) is 6.10. The second kappa shape index (κ2) is 6.48. The van der Waals surface area contributed by atoms with Crippen molar-refractivity contribution in [3.63, 3.8) is 0 Å². The maximum Gasteiger partial charge on any atom is 0.164 e. The van der Waals surface area contributed by atoms with Gasteiger partial charge in [0.15, 0.2) is 5.78 Å². The predicted molar refractivity (Wildman–Crippen MR) is 96.7 cm³/mol. The van der Waals surface area contributed by atoms with Crippen molar-refractivity contribution in [2.24, 2.45) is 0 Å². The Labute approximate surface area is 146 Å². The summed E-state index contributed by atoms with van der Waals surface area (Å²) in [6.45, 7) is 0. The Balaban J connectivity index is 1.76. The third-order valence-electron chi connectivity index (χ3n) is 4.53. The summed E-state index contributed by atoms with van der Waals surface area (Å²) in [6, 6.07) is 15.6. The van der Waals surface area contributed by atoms with Gasteiger partial charge in [0.05, 0.1) is 24.2 Å². The lowest BCUT2D eigenvalue weighted by atomic mass is 9.94. The highest BCUT2D eigenvalue weighted by atomic mass is 16.5. The predicted octanol–water partition coefficient (Wildman–Crippen LogP) is 4.34. The quantitative estimate of drug-likeness (QED) is 0.717. The highest BCUT2D eigenvalue weighted by molar-refractivity contribution is 5.98. The molecule has 1 aliphatic carbocycles. The van der Waals surface area contributed by atoms with Gasteiger partial charge in [-0.25, -0.2) is 0 Å². The van der Waals surface area contributed by atoms with Gasteiger partial charge >= 0.3 is 0 Å². The van der Waals surface area contributed by atoms with Crippen LogP contribution in [0, 0.1) is 0 Å². The highest BCUT2D eigenvalue weighted by Crippen LogP contribution is 2.33. The van der Waals surface area contributed by atoms with Crippen molar-refractivity contribution in [3.8, 4) is 28.3 Å². The van der Waals surface area contributed by atoms with E-state index in [1.165, 1.54) is 0 Å². The number of carbonyl (C=O) groups is 1. The molecule has 4 nitrogen and oxygen atoms in total. The van der Waals surface area contributed by atoms with E-state index >= 15 is 0 Å². The van der Waals surface area contributed by atoms with Gasteiger partial charge < -0.3 is 4.74 Å². The van der Waals surface area contributed by atoms with Crippen molar-refractivity contribution >= 4 is 5.78 Å². The summed E-state index contributed by atoms with van der Waals surface area (Å²) < 4.78 is 5.57. The van der Waals surface area contributed by atoms with Gasteiger partial charge in [-0.15, -0.1) is 0 Å². The Morgan fingerprint density at radius 1 is 0.960 bits per heavy atom. The molecule has 3 aromatic rings. The molecule has 0 aliphatic heterocycles. The van der Waals surface area contributed by atoms with E-state index < -0.39 is 0 Å². The Hall–Kier alpha value is -3.01. The van der Waals surface area contributed by atoms with E-state index in [2.05, 4.69) is 4.98 Å². The van der Waals surface area contributed by atoms with E-state index in [0.29, 0.717) is 6.42 Å². The SMILES string of the molecule is COc1cc(-c2ccc3c(n2)CCCC3=O)ccc1-c1ccccn1. The molecule has 2 heterocycles. The van der Waals surface area contributed by atoms with Gasteiger partial charge in [-0.1, -0.05) is 12.1 Å². The standard InChI is InChI=1S/C21H18N2O2/c1-25-21-13-14(8-9-16(21)18-5-2-3-12-22-18)17-11-10-15-19(23-17)6-4-7-20(15)24/h2-3,5,8-13H,4,6-7H2,1H3. The molecule has 25 heavy (non-hydrogen) atoms. The van der Waals surface area contributed by atoms with Crippen LogP contribution < -0.4 is 4.74 Å². The number of hydrogen-bond donors (Lipinski definition) is 0. The molecule has 0 atom stereocenters. The second-order valence-corrected chi connectivity index (χ2v) is 6.10. The van der Waals surface area contributed by atoms with Crippen LogP contribution in [-0.4, -0.2) is 22.9 Å². The van der Waals surface area contributed by atoms with Crippen molar-refractivity contribution in [1.29, 1.82) is 0 Å². The molecule has 4 rings (SSSR count). The number of Topliss-reactive ketones (excluding diaryl/α,β-unsaturated/α-hetero) is 1. The molecule has 0 saturated carbocycles. The third kappa shape index (κ3) is 2.91. The van der Waals surface area contributed by atoms with Crippen LogP contribution in [0.3, 0.4) is 0 Å². The Bertz CT molecular complexity index is 936. The number of benzene rings is 1. The molecule has 0 saturated heterocycles. The van der Waals surface area contributed by atoms with Crippen molar-refractivity contribution in [2.45, 2.75) is 19.3 Å². The highest BCUT2D eigenvalue weighted by Gasteiger charge is 2.19. The molecule has 0 N–H and O–H groups in total. The van der Waals surface area contributed by atoms with Crippen molar-refractivity contribution in [1.82, 2.24) is 9.97 Å². The normalized spacial score (nSPS) is 13.4. The molecule has 0 bridgehead atoms. The molecule has 2 aromatic heterocycles. The number of rotatable bonds is 3. The molecule has 0 unspecified atom stereocenters. The number of carbonyl (C=O) groups excluding carboxylic acids is 1. The summed E-state index contributed by atoms with van der Waals surface area (Å²) in [6.07, 6.45) is 4.13. The largest absolute Gasteiger partial charge is 0.496 e. The van der Waals surface area contributed by atoms with Crippen LogP contribution in [0.5, 0.6) is 5.75 Å². The summed E-state index contributed by atoms with van der Waals surface area (Å²) >= 11 is 0. The zero-order valence-corrected chi connectivity index (χ0v) is 14.0. The van der Waals surface area contributed by atoms with E-state index in [-0.39, 0.29) is 5.78 Å². The summed E-state index contributed by atoms with van der Waals surface area (Å²) in [5.41, 5.74) is 5.32. The van der Waals surface area contributed by atoms with E-state index in [1.807, 2.05) is 48.5 Å². The fourth-order valence-electron chi connectivity index (χ4n) is 3.24. The first-order chi connectivity index (χ1) is 12.3. The Kier molecular flexibility index (Phi) is 4.02. The molecule has 0 fully saturated rings. The number of fused-ring (bicyclic) bond motifs is 1. The molecule has 4 heteroatoms. The average molecular weight is 330 g/mol. The van der Waals surface area contributed by atoms with Gasteiger partial charge in [-0.3, -0.25) is 14.8 Å². The molecule has 1 aliphatic rings. The van der Waals surface area contributed by atoms with Gasteiger partial charge in [0.1, 0.15) is 5.75 Å². The van der Waals surface area contributed by atoms with E-state index in [0.717, 1.165) is 52.4 Å². The number of aryl methyl sites for hydroxylation is 1.